The van der Waals surface area contributed by atoms with Gasteiger partial charge in [0.05, 0.1) is 12.0 Å². The van der Waals surface area contributed by atoms with Crippen LogP contribution in [0, 0.1) is 0 Å². The molecule has 0 aliphatic carbocycles. The van der Waals surface area contributed by atoms with Crippen LogP contribution in [0.3, 0.4) is 0 Å². The van der Waals surface area contributed by atoms with Crippen LogP contribution in [0.25, 0.3) is 6.08 Å². The lowest BCUT2D eigenvalue weighted by atomic mass is 10.1. The Morgan fingerprint density at radius 3 is 2.63 bits per heavy atom. The Morgan fingerprint density at radius 2 is 1.93 bits per heavy atom. The fourth-order valence-corrected chi connectivity index (χ4v) is 4.01. The first-order chi connectivity index (χ1) is 14.5. The highest BCUT2D eigenvalue weighted by atomic mass is 32.2. The molecule has 156 valence electrons. The van der Waals surface area contributed by atoms with E-state index in [4.69, 9.17) is 26.4 Å². The molecule has 3 rings (SSSR count). The minimum Gasteiger partial charge on any atom is -0.493 e. The Hall–Kier alpha value is -2.77. The second kappa shape index (κ2) is 10.3. The van der Waals surface area contributed by atoms with Crippen molar-refractivity contribution in [2.75, 3.05) is 27.4 Å². The normalized spacial score (nSPS) is 14.9. The van der Waals surface area contributed by atoms with E-state index in [1.165, 1.54) is 16.7 Å². The van der Waals surface area contributed by atoms with Crippen molar-refractivity contribution in [3.8, 4) is 17.2 Å². The molecule has 2 aromatic rings. The SMILES string of the molecule is C=CCc1ccc(OCCOc2cccc(/C=C3\SC(=S)N(C)C3=O)c2)c(OC)c1. The number of carbonyl (C=O) groups is 1. The Labute approximate surface area is 186 Å². The van der Waals surface area contributed by atoms with Crippen LogP contribution < -0.4 is 14.2 Å². The topological polar surface area (TPSA) is 48.0 Å². The van der Waals surface area contributed by atoms with Gasteiger partial charge in [-0.3, -0.25) is 9.69 Å². The molecule has 1 saturated heterocycles. The molecule has 2 aromatic carbocycles. The van der Waals surface area contributed by atoms with Crippen LogP contribution in [0.15, 0.2) is 60.0 Å². The number of methoxy groups -OCH3 is 1. The molecule has 30 heavy (non-hydrogen) atoms. The standard InChI is InChI=1S/C23H23NO4S2/c1-4-6-16-9-10-19(20(14-16)26-3)28-12-11-27-18-8-5-7-17(13-18)15-21-22(25)24(2)23(29)30-21/h4-5,7-10,13-15H,1,6,11-12H2,2-3H3/b21-15-. The van der Waals surface area contributed by atoms with Crippen molar-refractivity contribution in [3.63, 3.8) is 0 Å². The van der Waals surface area contributed by atoms with Crippen LogP contribution in [0.5, 0.6) is 17.2 Å². The molecule has 0 unspecified atom stereocenters. The van der Waals surface area contributed by atoms with Crippen molar-refractivity contribution in [2.45, 2.75) is 6.42 Å². The lowest BCUT2D eigenvalue weighted by Gasteiger charge is -2.12. The van der Waals surface area contributed by atoms with E-state index in [9.17, 15) is 4.79 Å². The van der Waals surface area contributed by atoms with Gasteiger partial charge in [-0.05, 0) is 47.9 Å². The number of thiocarbonyl (C=S) groups is 1. The maximum absolute atomic E-state index is 12.1. The fraction of sp³-hybridized carbons (Fsp3) is 0.217. The largest absolute Gasteiger partial charge is 0.493 e. The summed E-state index contributed by atoms with van der Waals surface area (Å²) < 4.78 is 17.6. The first-order valence-electron chi connectivity index (χ1n) is 9.37. The maximum Gasteiger partial charge on any atom is 0.265 e. The number of hydrogen-bond acceptors (Lipinski definition) is 6. The summed E-state index contributed by atoms with van der Waals surface area (Å²) in [5.41, 5.74) is 1.99. The smallest absolute Gasteiger partial charge is 0.265 e. The third-order valence-corrected chi connectivity index (χ3v) is 5.84. The first kappa shape index (κ1) is 21.9. The number of ether oxygens (including phenoxy) is 3. The third-order valence-electron chi connectivity index (χ3n) is 4.36. The fourth-order valence-electron chi connectivity index (χ4n) is 2.83. The maximum atomic E-state index is 12.1. The Balaban J connectivity index is 1.56. The van der Waals surface area contributed by atoms with Gasteiger partial charge < -0.3 is 14.2 Å². The van der Waals surface area contributed by atoms with Crippen molar-refractivity contribution in [1.82, 2.24) is 4.90 Å². The van der Waals surface area contributed by atoms with Gasteiger partial charge in [-0.15, -0.1) is 6.58 Å². The number of benzene rings is 2. The molecule has 1 aliphatic rings. The van der Waals surface area contributed by atoms with E-state index in [1.807, 2.05) is 54.6 Å². The number of rotatable bonds is 9. The van der Waals surface area contributed by atoms with Crippen LogP contribution in [0.4, 0.5) is 0 Å². The van der Waals surface area contributed by atoms with E-state index in [1.54, 1.807) is 14.2 Å². The number of nitrogens with zero attached hydrogens (tertiary/aromatic N) is 1. The molecular formula is C23H23NO4S2. The van der Waals surface area contributed by atoms with E-state index in [0.717, 1.165) is 17.5 Å². The van der Waals surface area contributed by atoms with Gasteiger partial charge in [0, 0.05) is 7.05 Å². The quantitative estimate of drug-likeness (QED) is 0.243. The third kappa shape index (κ3) is 5.43. The molecule has 5 nitrogen and oxygen atoms in total. The summed E-state index contributed by atoms with van der Waals surface area (Å²) in [5, 5.41) is 0. The number of allylic oxidation sites excluding steroid dienone is 1. The summed E-state index contributed by atoms with van der Waals surface area (Å²) in [6.07, 6.45) is 4.45. The highest BCUT2D eigenvalue weighted by molar-refractivity contribution is 8.26. The van der Waals surface area contributed by atoms with Crippen LogP contribution >= 0.6 is 24.0 Å². The van der Waals surface area contributed by atoms with Crippen molar-refractivity contribution in [1.29, 1.82) is 0 Å². The minimum absolute atomic E-state index is 0.0854. The lowest BCUT2D eigenvalue weighted by molar-refractivity contribution is -0.121. The van der Waals surface area contributed by atoms with E-state index < -0.39 is 0 Å². The average Bonchev–Trinajstić information content (AvgIpc) is 2.99. The van der Waals surface area contributed by atoms with Crippen LogP contribution in [-0.2, 0) is 11.2 Å². The Bertz CT molecular complexity index is 987. The molecule has 1 aliphatic heterocycles. The van der Waals surface area contributed by atoms with Crippen molar-refractivity contribution in [2.24, 2.45) is 0 Å². The van der Waals surface area contributed by atoms with E-state index in [-0.39, 0.29) is 5.91 Å². The highest BCUT2D eigenvalue weighted by Gasteiger charge is 2.28. The molecule has 0 atom stereocenters. The lowest BCUT2D eigenvalue weighted by Crippen LogP contribution is -2.22. The molecule has 1 amide bonds. The second-order valence-corrected chi connectivity index (χ2v) is 8.16. The van der Waals surface area contributed by atoms with Gasteiger partial charge in [0.2, 0.25) is 0 Å². The van der Waals surface area contributed by atoms with Gasteiger partial charge >= 0.3 is 0 Å². The number of carbonyl (C=O) groups excluding carboxylic acids is 1. The van der Waals surface area contributed by atoms with Crippen LogP contribution in [0.2, 0.25) is 0 Å². The zero-order valence-electron chi connectivity index (χ0n) is 16.9. The van der Waals surface area contributed by atoms with Crippen LogP contribution in [-0.4, -0.2) is 42.5 Å². The molecule has 0 saturated carbocycles. The zero-order chi connectivity index (χ0) is 21.5. The predicted molar refractivity (Wildman–Crippen MR) is 125 cm³/mol. The molecule has 0 aromatic heterocycles. The first-order valence-corrected chi connectivity index (χ1v) is 10.6. The minimum atomic E-state index is -0.0854. The summed E-state index contributed by atoms with van der Waals surface area (Å²) in [4.78, 5) is 14.2. The summed E-state index contributed by atoms with van der Waals surface area (Å²) in [5.74, 6) is 1.97. The highest BCUT2D eigenvalue weighted by Crippen LogP contribution is 2.32. The van der Waals surface area contributed by atoms with Gasteiger partial charge in [-0.2, -0.15) is 0 Å². The number of amides is 1. The molecule has 1 fully saturated rings. The molecule has 0 spiro atoms. The van der Waals surface area contributed by atoms with Crippen molar-refractivity contribution < 1.29 is 19.0 Å². The molecule has 0 N–H and O–H groups in total. The molecule has 1 heterocycles. The molecule has 7 heteroatoms. The van der Waals surface area contributed by atoms with Crippen molar-refractivity contribution >= 4 is 40.3 Å². The number of likely N-dealkylation sites (N-methyl/N-ethyl adjacent to an activating group) is 1. The molecular weight excluding hydrogens is 418 g/mol. The Kier molecular flexibility index (Phi) is 7.54. The second-order valence-electron chi connectivity index (χ2n) is 6.49. The van der Waals surface area contributed by atoms with E-state index in [0.29, 0.717) is 39.7 Å². The van der Waals surface area contributed by atoms with Crippen molar-refractivity contribution in [3.05, 3.63) is 71.2 Å². The van der Waals surface area contributed by atoms with Gasteiger partial charge in [0.1, 0.15) is 23.3 Å². The monoisotopic (exact) mass is 441 g/mol. The van der Waals surface area contributed by atoms with Gasteiger partial charge in [-0.25, -0.2) is 0 Å². The summed E-state index contributed by atoms with van der Waals surface area (Å²) >= 11 is 6.46. The number of thioether (sulfide) groups is 1. The number of hydrogen-bond donors (Lipinski definition) is 0. The van der Waals surface area contributed by atoms with E-state index >= 15 is 0 Å². The van der Waals surface area contributed by atoms with E-state index in [2.05, 4.69) is 6.58 Å². The zero-order valence-corrected chi connectivity index (χ0v) is 18.6. The predicted octanol–water partition coefficient (Wildman–Crippen LogP) is 4.71. The molecule has 0 radical (unpaired) electrons. The summed E-state index contributed by atoms with van der Waals surface area (Å²) in [6.45, 7) is 4.49. The summed E-state index contributed by atoms with van der Waals surface area (Å²) in [6, 6.07) is 13.4. The Morgan fingerprint density at radius 1 is 1.13 bits per heavy atom. The average molecular weight is 442 g/mol. The van der Waals surface area contributed by atoms with Gasteiger partial charge in [0.15, 0.2) is 11.5 Å². The molecule has 0 bridgehead atoms. The van der Waals surface area contributed by atoms with Gasteiger partial charge in [-0.1, -0.05) is 48.3 Å². The summed E-state index contributed by atoms with van der Waals surface area (Å²) in [7, 11) is 3.30. The van der Waals surface area contributed by atoms with Crippen LogP contribution in [0.1, 0.15) is 11.1 Å². The van der Waals surface area contributed by atoms with Gasteiger partial charge in [0.25, 0.3) is 5.91 Å².